The lowest BCUT2D eigenvalue weighted by molar-refractivity contribution is -0.137. The Labute approximate surface area is 119 Å². The predicted molar refractivity (Wildman–Crippen MR) is 76.0 cm³/mol. The van der Waals surface area contributed by atoms with E-state index in [1.165, 1.54) is 30.4 Å². The van der Waals surface area contributed by atoms with E-state index >= 15 is 0 Å². The first-order chi connectivity index (χ1) is 9.83. The number of hydrogen-bond donors (Lipinski definition) is 0. The van der Waals surface area contributed by atoms with Crippen LogP contribution in [-0.4, -0.2) is 43.7 Å². The van der Waals surface area contributed by atoms with Gasteiger partial charge in [0.05, 0.1) is 13.2 Å². The highest BCUT2D eigenvalue weighted by atomic mass is 16.5. The monoisotopic (exact) mass is 275 g/mol. The molecule has 0 aromatic heterocycles. The normalized spacial score (nSPS) is 18.5. The van der Waals surface area contributed by atoms with Crippen molar-refractivity contribution in [3.63, 3.8) is 0 Å². The topological polar surface area (TPSA) is 38.8 Å². The molecule has 1 heterocycles. The van der Waals surface area contributed by atoms with Crippen molar-refractivity contribution in [2.45, 2.75) is 25.7 Å². The van der Waals surface area contributed by atoms with Gasteiger partial charge < -0.3 is 14.4 Å². The molecule has 1 aliphatic heterocycles. The van der Waals surface area contributed by atoms with Crippen LogP contribution in [-0.2, 0) is 22.4 Å². The number of carbonyl (C=O) groups is 1. The molecular weight excluding hydrogens is 254 g/mol. The van der Waals surface area contributed by atoms with Gasteiger partial charge in [-0.2, -0.15) is 0 Å². The molecule has 1 amide bonds. The van der Waals surface area contributed by atoms with Gasteiger partial charge in [0, 0.05) is 13.1 Å². The number of benzene rings is 1. The van der Waals surface area contributed by atoms with E-state index < -0.39 is 0 Å². The van der Waals surface area contributed by atoms with Crippen molar-refractivity contribution < 1.29 is 14.3 Å². The van der Waals surface area contributed by atoms with Crippen LogP contribution in [0.4, 0.5) is 0 Å². The summed E-state index contributed by atoms with van der Waals surface area (Å²) in [5, 5.41) is 0. The Morgan fingerprint density at radius 1 is 1.15 bits per heavy atom. The summed E-state index contributed by atoms with van der Waals surface area (Å²) in [6, 6.07) is 6.22. The third-order valence-electron chi connectivity index (χ3n) is 4.05. The van der Waals surface area contributed by atoms with E-state index in [1.54, 1.807) is 0 Å². The molecule has 108 valence electrons. The fourth-order valence-corrected chi connectivity index (χ4v) is 2.85. The average Bonchev–Trinajstić information content (AvgIpc) is 2.53. The second kappa shape index (κ2) is 6.27. The summed E-state index contributed by atoms with van der Waals surface area (Å²) in [7, 11) is 0. The SMILES string of the molecule is O=C(COc1ccc2c(c1)CCCC2)N1CCOCC1. The molecule has 1 aromatic rings. The van der Waals surface area contributed by atoms with Crippen molar-refractivity contribution in [2.75, 3.05) is 32.9 Å². The van der Waals surface area contributed by atoms with E-state index in [-0.39, 0.29) is 12.5 Å². The van der Waals surface area contributed by atoms with Crippen LogP contribution < -0.4 is 4.74 Å². The summed E-state index contributed by atoms with van der Waals surface area (Å²) >= 11 is 0. The molecule has 0 radical (unpaired) electrons. The van der Waals surface area contributed by atoms with Crippen LogP contribution >= 0.6 is 0 Å². The molecule has 4 nitrogen and oxygen atoms in total. The minimum absolute atomic E-state index is 0.0472. The number of aryl methyl sites for hydroxylation is 2. The highest BCUT2D eigenvalue weighted by molar-refractivity contribution is 5.77. The van der Waals surface area contributed by atoms with Gasteiger partial charge in [0.25, 0.3) is 5.91 Å². The predicted octanol–water partition coefficient (Wildman–Crippen LogP) is 1.80. The summed E-state index contributed by atoms with van der Waals surface area (Å²) in [6.07, 6.45) is 4.83. The van der Waals surface area contributed by atoms with E-state index in [0.29, 0.717) is 26.3 Å². The zero-order valence-corrected chi connectivity index (χ0v) is 11.8. The molecular formula is C16H21NO3. The molecule has 20 heavy (non-hydrogen) atoms. The molecule has 0 saturated carbocycles. The van der Waals surface area contributed by atoms with Crippen molar-refractivity contribution in [3.05, 3.63) is 29.3 Å². The van der Waals surface area contributed by atoms with E-state index in [2.05, 4.69) is 12.1 Å². The Kier molecular flexibility index (Phi) is 4.21. The Morgan fingerprint density at radius 2 is 1.90 bits per heavy atom. The summed E-state index contributed by atoms with van der Waals surface area (Å²) in [5.41, 5.74) is 2.82. The second-order valence-electron chi connectivity index (χ2n) is 5.42. The quantitative estimate of drug-likeness (QED) is 0.844. The largest absolute Gasteiger partial charge is 0.484 e. The van der Waals surface area contributed by atoms with E-state index in [1.807, 2.05) is 11.0 Å². The van der Waals surface area contributed by atoms with Gasteiger partial charge in [-0.25, -0.2) is 0 Å². The maximum Gasteiger partial charge on any atom is 0.260 e. The zero-order chi connectivity index (χ0) is 13.8. The lowest BCUT2D eigenvalue weighted by Gasteiger charge is -2.26. The molecule has 0 spiro atoms. The maximum absolute atomic E-state index is 12.0. The fraction of sp³-hybridized carbons (Fsp3) is 0.562. The van der Waals surface area contributed by atoms with Gasteiger partial charge in [-0.3, -0.25) is 4.79 Å². The summed E-state index contributed by atoms with van der Waals surface area (Å²) in [6.45, 7) is 2.73. The Bertz CT molecular complexity index is 481. The van der Waals surface area contributed by atoms with E-state index in [0.717, 1.165) is 12.2 Å². The van der Waals surface area contributed by atoms with Gasteiger partial charge in [-0.1, -0.05) is 6.07 Å². The first-order valence-electron chi connectivity index (χ1n) is 7.43. The van der Waals surface area contributed by atoms with Crippen molar-refractivity contribution in [2.24, 2.45) is 0 Å². The number of carbonyl (C=O) groups excluding carboxylic acids is 1. The van der Waals surface area contributed by atoms with Gasteiger partial charge in [0.2, 0.25) is 0 Å². The highest BCUT2D eigenvalue weighted by Gasteiger charge is 2.17. The zero-order valence-electron chi connectivity index (χ0n) is 11.8. The summed E-state index contributed by atoms with van der Waals surface area (Å²) in [5.74, 6) is 0.860. The van der Waals surface area contributed by atoms with Crippen LogP contribution in [0.3, 0.4) is 0 Å². The number of ether oxygens (including phenoxy) is 2. The Hall–Kier alpha value is -1.55. The minimum Gasteiger partial charge on any atom is -0.484 e. The lowest BCUT2D eigenvalue weighted by Crippen LogP contribution is -2.42. The first kappa shape index (κ1) is 13.4. The van der Waals surface area contributed by atoms with Crippen molar-refractivity contribution in [1.29, 1.82) is 0 Å². The molecule has 1 fully saturated rings. The molecule has 4 heteroatoms. The molecule has 3 rings (SSSR count). The summed E-state index contributed by atoms with van der Waals surface area (Å²) in [4.78, 5) is 13.8. The van der Waals surface area contributed by atoms with E-state index in [9.17, 15) is 4.79 Å². The Morgan fingerprint density at radius 3 is 2.70 bits per heavy atom. The summed E-state index contributed by atoms with van der Waals surface area (Å²) < 4.78 is 10.9. The number of nitrogens with zero attached hydrogens (tertiary/aromatic N) is 1. The van der Waals surface area contributed by atoms with Gasteiger partial charge in [0.1, 0.15) is 5.75 Å². The van der Waals surface area contributed by atoms with Crippen LogP contribution in [0.25, 0.3) is 0 Å². The van der Waals surface area contributed by atoms with Crippen molar-refractivity contribution >= 4 is 5.91 Å². The van der Waals surface area contributed by atoms with Gasteiger partial charge >= 0.3 is 0 Å². The highest BCUT2D eigenvalue weighted by Crippen LogP contribution is 2.25. The second-order valence-corrected chi connectivity index (χ2v) is 5.42. The molecule has 1 aliphatic carbocycles. The molecule has 0 N–H and O–H groups in total. The van der Waals surface area contributed by atoms with Crippen molar-refractivity contribution in [1.82, 2.24) is 4.90 Å². The number of rotatable bonds is 3. The molecule has 0 unspecified atom stereocenters. The molecule has 2 aliphatic rings. The van der Waals surface area contributed by atoms with E-state index in [4.69, 9.17) is 9.47 Å². The van der Waals surface area contributed by atoms with Gasteiger partial charge in [-0.05, 0) is 48.9 Å². The standard InChI is InChI=1S/C16H21NO3/c18-16(17-7-9-19-10-8-17)12-20-15-6-5-13-3-1-2-4-14(13)11-15/h5-6,11H,1-4,7-10,12H2. The first-order valence-corrected chi connectivity index (χ1v) is 7.43. The van der Waals surface area contributed by atoms with Crippen LogP contribution in [0.2, 0.25) is 0 Å². The molecule has 0 atom stereocenters. The van der Waals surface area contributed by atoms with Crippen molar-refractivity contribution in [3.8, 4) is 5.75 Å². The third-order valence-corrected chi connectivity index (χ3v) is 4.05. The van der Waals surface area contributed by atoms with Gasteiger partial charge in [-0.15, -0.1) is 0 Å². The third kappa shape index (κ3) is 3.12. The smallest absolute Gasteiger partial charge is 0.260 e. The van der Waals surface area contributed by atoms with Gasteiger partial charge in [0.15, 0.2) is 6.61 Å². The number of morpholine rings is 1. The Balaban J connectivity index is 1.56. The molecule has 0 bridgehead atoms. The molecule has 1 aromatic carbocycles. The molecule has 1 saturated heterocycles. The van der Waals surface area contributed by atoms with Crippen LogP contribution in [0.1, 0.15) is 24.0 Å². The minimum atomic E-state index is 0.0472. The van der Waals surface area contributed by atoms with Crippen LogP contribution in [0.15, 0.2) is 18.2 Å². The van der Waals surface area contributed by atoms with Crippen LogP contribution in [0, 0.1) is 0 Å². The maximum atomic E-state index is 12.0. The number of fused-ring (bicyclic) bond motifs is 1. The van der Waals surface area contributed by atoms with Crippen LogP contribution in [0.5, 0.6) is 5.75 Å². The number of amides is 1. The average molecular weight is 275 g/mol. The lowest BCUT2D eigenvalue weighted by atomic mass is 9.92. The number of hydrogen-bond acceptors (Lipinski definition) is 3. The fourth-order valence-electron chi connectivity index (χ4n) is 2.85.